The summed E-state index contributed by atoms with van der Waals surface area (Å²) < 4.78 is 1.62. The highest BCUT2D eigenvalue weighted by atomic mass is 16.6. The molecule has 88 valence electrons. The van der Waals surface area contributed by atoms with Crippen LogP contribution in [-0.4, -0.2) is 14.7 Å². The van der Waals surface area contributed by atoms with Gasteiger partial charge >= 0.3 is 5.69 Å². The number of nitrogens with two attached hydrogens (primary N) is 1. The molecule has 2 rings (SSSR count). The third-order valence-electron chi connectivity index (χ3n) is 3.26. The molecular formula is C10H16N4O2. The van der Waals surface area contributed by atoms with Crippen LogP contribution in [0.1, 0.15) is 38.6 Å². The number of aromatic nitrogens is 2. The van der Waals surface area contributed by atoms with Gasteiger partial charge in [-0.05, 0) is 18.8 Å². The smallest absolute Gasteiger partial charge is 0.330 e. The second-order valence-electron chi connectivity index (χ2n) is 4.54. The first-order chi connectivity index (χ1) is 7.59. The molecule has 0 saturated heterocycles. The van der Waals surface area contributed by atoms with Crippen molar-refractivity contribution in [3.8, 4) is 0 Å². The van der Waals surface area contributed by atoms with Crippen LogP contribution in [0, 0.1) is 16.0 Å². The van der Waals surface area contributed by atoms with Crippen LogP contribution in [0.15, 0.2) is 6.20 Å². The summed E-state index contributed by atoms with van der Waals surface area (Å²) in [6, 6.07) is 0.220. The number of nitrogen functional groups attached to an aromatic ring is 1. The summed E-state index contributed by atoms with van der Waals surface area (Å²) in [6.45, 7) is 2.19. The lowest BCUT2D eigenvalue weighted by atomic mass is 9.87. The third-order valence-corrected chi connectivity index (χ3v) is 3.26. The van der Waals surface area contributed by atoms with E-state index in [2.05, 4.69) is 12.0 Å². The third kappa shape index (κ3) is 1.87. The fourth-order valence-electron chi connectivity index (χ4n) is 2.42. The highest BCUT2D eigenvalue weighted by molar-refractivity contribution is 5.51. The predicted molar refractivity (Wildman–Crippen MR) is 60.0 cm³/mol. The van der Waals surface area contributed by atoms with Crippen LogP contribution in [0.3, 0.4) is 0 Å². The lowest BCUT2D eigenvalue weighted by molar-refractivity contribution is -0.384. The summed E-state index contributed by atoms with van der Waals surface area (Å²) >= 11 is 0. The first kappa shape index (κ1) is 10.9. The zero-order valence-electron chi connectivity index (χ0n) is 9.30. The average Bonchev–Trinajstić information content (AvgIpc) is 2.60. The minimum absolute atomic E-state index is 0.0850. The minimum Gasteiger partial charge on any atom is -0.378 e. The van der Waals surface area contributed by atoms with E-state index in [4.69, 9.17) is 5.73 Å². The zero-order chi connectivity index (χ0) is 11.7. The van der Waals surface area contributed by atoms with Gasteiger partial charge in [-0.25, -0.2) is 4.68 Å². The lowest BCUT2D eigenvalue weighted by Gasteiger charge is -2.27. The molecule has 0 amide bonds. The Labute approximate surface area is 93.6 Å². The first-order valence-corrected chi connectivity index (χ1v) is 5.57. The monoisotopic (exact) mass is 224 g/mol. The van der Waals surface area contributed by atoms with E-state index >= 15 is 0 Å². The van der Waals surface area contributed by atoms with Crippen LogP contribution < -0.4 is 5.73 Å². The molecule has 2 unspecified atom stereocenters. The molecule has 1 aliphatic rings. The van der Waals surface area contributed by atoms with Gasteiger partial charge in [-0.1, -0.05) is 19.8 Å². The quantitative estimate of drug-likeness (QED) is 0.615. The predicted octanol–water partition coefficient (Wildman–Crippen LogP) is 2.12. The van der Waals surface area contributed by atoms with Gasteiger partial charge in [-0.15, -0.1) is 0 Å². The van der Waals surface area contributed by atoms with Crippen molar-refractivity contribution in [2.24, 2.45) is 5.92 Å². The van der Waals surface area contributed by atoms with Crippen molar-refractivity contribution in [2.75, 3.05) is 5.73 Å². The van der Waals surface area contributed by atoms with E-state index in [1.54, 1.807) is 4.68 Å². The first-order valence-electron chi connectivity index (χ1n) is 5.57. The largest absolute Gasteiger partial charge is 0.378 e. The van der Waals surface area contributed by atoms with E-state index in [9.17, 15) is 10.1 Å². The van der Waals surface area contributed by atoms with Gasteiger partial charge in [0.2, 0.25) is 5.82 Å². The van der Waals surface area contributed by atoms with Gasteiger partial charge in [0.15, 0.2) is 0 Å². The average molecular weight is 224 g/mol. The molecule has 16 heavy (non-hydrogen) atoms. The number of nitro groups is 1. The number of anilines is 1. The van der Waals surface area contributed by atoms with Crippen molar-refractivity contribution in [3.05, 3.63) is 16.3 Å². The van der Waals surface area contributed by atoms with Crippen LogP contribution in [0.25, 0.3) is 0 Å². The van der Waals surface area contributed by atoms with Crippen molar-refractivity contribution in [1.82, 2.24) is 9.78 Å². The topological polar surface area (TPSA) is 87.0 Å². The Morgan fingerprint density at radius 2 is 2.38 bits per heavy atom. The van der Waals surface area contributed by atoms with Crippen LogP contribution in [0.2, 0.25) is 0 Å². The molecule has 0 bridgehead atoms. The number of nitrogens with zero attached hydrogens (tertiary/aromatic N) is 3. The molecule has 1 heterocycles. The normalized spacial score (nSPS) is 25.6. The second kappa shape index (κ2) is 4.11. The van der Waals surface area contributed by atoms with E-state index in [0.29, 0.717) is 5.92 Å². The Morgan fingerprint density at radius 3 is 2.94 bits per heavy atom. The molecular weight excluding hydrogens is 208 g/mol. The van der Waals surface area contributed by atoms with Gasteiger partial charge in [-0.2, -0.15) is 5.10 Å². The number of rotatable bonds is 2. The molecule has 1 saturated carbocycles. The molecule has 1 aromatic heterocycles. The molecule has 2 N–H and O–H groups in total. The minimum atomic E-state index is -0.481. The molecule has 2 atom stereocenters. The number of hydrogen-bond donors (Lipinski definition) is 1. The SMILES string of the molecule is CC1CCCC(n2ncc([N+](=O)[O-])c2N)C1. The van der Waals surface area contributed by atoms with Gasteiger partial charge in [0, 0.05) is 0 Å². The maximum Gasteiger partial charge on any atom is 0.330 e. The Bertz CT molecular complexity index is 402. The maximum atomic E-state index is 10.7. The van der Waals surface area contributed by atoms with Crippen LogP contribution >= 0.6 is 0 Å². The summed E-state index contributed by atoms with van der Waals surface area (Å²) in [5, 5.41) is 14.7. The van der Waals surface area contributed by atoms with Gasteiger partial charge in [0.05, 0.1) is 11.0 Å². The maximum absolute atomic E-state index is 10.7. The van der Waals surface area contributed by atoms with E-state index < -0.39 is 4.92 Å². The molecule has 6 heteroatoms. The van der Waals surface area contributed by atoms with E-state index in [1.807, 2.05) is 0 Å². The van der Waals surface area contributed by atoms with Crippen LogP contribution in [0.5, 0.6) is 0 Å². The molecule has 1 aliphatic carbocycles. The Kier molecular flexibility index (Phi) is 2.80. The standard InChI is InChI=1S/C10H16N4O2/c1-7-3-2-4-8(5-7)13-10(11)9(6-12-13)14(15)16/h6-8H,2-5,11H2,1H3. The molecule has 1 fully saturated rings. The molecule has 1 aromatic rings. The van der Waals surface area contributed by atoms with Crippen molar-refractivity contribution in [2.45, 2.75) is 38.6 Å². The second-order valence-corrected chi connectivity index (χ2v) is 4.54. The van der Waals surface area contributed by atoms with Crippen molar-refractivity contribution in [3.63, 3.8) is 0 Å². The highest BCUT2D eigenvalue weighted by Crippen LogP contribution is 2.35. The van der Waals surface area contributed by atoms with E-state index in [-0.39, 0.29) is 17.5 Å². The van der Waals surface area contributed by atoms with Gasteiger partial charge in [-0.3, -0.25) is 10.1 Å². The van der Waals surface area contributed by atoms with E-state index in [1.165, 1.54) is 12.6 Å². The summed E-state index contributed by atoms with van der Waals surface area (Å²) in [5.41, 5.74) is 5.65. The van der Waals surface area contributed by atoms with Gasteiger partial charge in [0.25, 0.3) is 0 Å². The summed E-state index contributed by atoms with van der Waals surface area (Å²) in [7, 11) is 0. The van der Waals surface area contributed by atoms with Crippen molar-refractivity contribution < 1.29 is 4.92 Å². The molecule has 0 spiro atoms. The number of hydrogen-bond acceptors (Lipinski definition) is 4. The van der Waals surface area contributed by atoms with Gasteiger partial charge in [0.1, 0.15) is 6.20 Å². The molecule has 0 aliphatic heterocycles. The summed E-state index contributed by atoms with van der Waals surface area (Å²) in [5.74, 6) is 0.825. The molecule has 0 aromatic carbocycles. The Hall–Kier alpha value is -1.59. The summed E-state index contributed by atoms with van der Waals surface area (Å²) in [4.78, 5) is 10.2. The van der Waals surface area contributed by atoms with Crippen molar-refractivity contribution in [1.29, 1.82) is 0 Å². The van der Waals surface area contributed by atoms with Gasteiger partial charge < -0.3 is 5.73 Å². The van der Waals surface area contributed by atoms with Crippen LogP contribution in [-0.2, 0) is 0 Å². The summed E-state index contributed by atoms with van der Waals surface area (Å²) in [6.07, 6.45) is 5.61. The van der Waals surface area contributed by atoms with E-state index in [0.717, 1.165) is 19.3 Å². The van der Waals surface area contributed by atoms with Crippen LogP contribution in [0.4, 0.5) is 11.5 Å². The van der Waals surface area contributed by atoms with Crippen molar-refractivity contribution >= 4 is 11.5 Å². The Balaban J connectivity index is 2.23. The highest BCUT2D eigenvalue weighted by Gasteiger charge is 2.26. The zero-order valence-corrected chi connectivity index (χ0v) is 9.30. The molecule has 6 nitrogen and oxygen atoms in total. The Morgan fingerprint density at radius 1 is 1.62 bits per heavy atom. The fourth-order valence-corrected chi connectivity index (χ4v) is 2.42. The lowest BCUT2D eigenvalue weighted by Crippen LogP contribution is -2.20. The molecule has 0 radical (unpaired) electrons. The fraction of sp³-hybridized carbons (Fsp3) is 0.700.